The maximum absolute atomic E-state index is 12.6. The molecular weight excluding hydrogens is 412 g/mol. The molecule has 170 valence electrons. The number of fused-ring (bicyclic) bond motifs is 3. The largest absolute Gasteiger partial charge is 0.461 e. The summed E-state index contributed by atoms with van der Waals surface area (Å²) >= 11 is 0. The lowest BCUT2D eigenvalue weighted by Gasteiger charge is -2.40. The normalized spacial score (nSPS) is 36.4. The molecule has 0 spiro atoms. The zero-order valence-corrected chi connectivity index (χ0v) is 17.6. The quantitative estimate of drug-likeness (QED) is 0.308. The molecule has 0 aromatic carbocycles. The fraction of sp³-hybridized carbons (Fsp3) is 0.571. The Morgan fingerprint density at radius 1 is 1.29 bits per heavy atom. The molecule has 3 aliphatic rings. The van der Waals surface area contributed by atoms with Crippen molar-refractivity contribution in [3.8, 4) is 0 Å². The van der Waals surface area contributed by atoms with Gasteiger partial charge in [0.05, 0.1) is 23.4 Å². The number of esters is 3. The summed E-state index contributed by atoms with van der Waals surface area (Å²) in [5.41, 5.74) is -3.24. The first-order valence-corrected chi connectivity index (χ1v) is 9.77. The summed E-state index contributed by atoms with van der Waals surface area (Å²) in [5.74, 6) is -4.36. The van der Waals surface area contributed by atoms with Crippen molar-refractivity contribution in [1.29, 1.82) is 0 Å². The monoisotopic (exact) mass is 438 g/mol. The molecule has 0 unspecified atom stereocenters. The molecule has 1 saturated heterocycles. The predicted molar refractivity (Wildman–Crippen MR) is 103 cm³/mol. The molecule has 0 amide bonds. The van der Waals surface area contributed by atoms with Crippen molar-refractivity contribution in [2.45, 2.75) is 63.1 Å². The van der Waals surface area contributed by atoms with E-state index in [4.69, 9.17) is 18.9 Å². The van der Waals surface area contributed by atoms with Crippen LogP contribution in [0.25, 0.3) is 0 Å². The van der Waals surface area contributed by atoms with Crippen molar-refractivity contribution < 1.29 is 48.7 Å². The molecule has 3 rings (SSSR count). The lowest BCUT2D eigenvalue weighted by atomic mass is 9.82. The first-order valence-electron chi connectivity index (χ1n) is 9.77. The van der Waals surface area contributed by atoms with Crippen LogP contribution < -0.4 is 0 Å². The van der Waals surface area contributed by atoms with E-state index in [1.54, 1.807) is 6.92 Å². The van der Waals surface area contributed by atoms with E-state index in [0.29, 0.717) is 6.42 Å². The second kappa shape index (κ2) is 7.86. The summed E-state index contributed by atoms with van der Waals surface area (Å²) in [4.78, 5) is 36.2. The Bertz CT molecular complexity index is 898. The van der Waals surface area contributed by atoms with Gasteiger partial charge in [-0.25, -0.2) is 9.59 Å². The highest BCUT2D eigenvalue weighted by Gasteiger charge is 2.58. The molecule has 3 N–H and O–H groups in total. The van der Waals surface area contributed by atoms with Crippen molar-refractivity contribution in [2.24, 2.45) is 0 Å². The van der Waals surface area contributed by atoms with E-state index >= 15 is 0 Å². The molecule has 31 heavy (non-hydrogen) atoms. The third kappa shape index (κ3) is 4.29. The average molecular weight is 438 g/mol. The number of hydrogen-bond acceptors (Lipinski definition) is 10. The van der Waals surface area contributed by atoms with Gasteiger partial charge in [-0.2, -0.15) is 0 Å². The SMILES string of the molecule is C=C(CO)C(=O)O[C@H]1C[C@@](C)(O)[C@]2(O)CC[C@](C)(/C=C3/OC(=O)C(COC(C)=O)=C31)O2. The Labute approximate surface area is 178 Å². The number of aliphatic hydroxyl groups is 3. The van der Waals surface area contributed by atoms with Gasteiger partial charge >= 0.3 is 17.9 Å². The highest BCUT2D eigenvalue weighted by molar-refractivity contribution is 5.96. The lowest BCUT2D eigenvalue weighted by molar-refractivity contribution is -0.298. The number of carbonyl (C=O) groups excluding carboxylic acids is 3. The lowest BCUT2D eigenvalue weighted by Crippen LogP contribution is -2.54. The molecule has 1 fully saturated rings. The van der Waals surface area contributed by atoms with Gasteiger partial charge < -0.3 is 34.3 Å². The zero-order chi connectivity index (χ0) is 23.2. The Morgan fingerprint density at radius 3 is 2.58 bits per heavy atom. The van der Waals surface area contributed by atoms with Crippen LogP contribution in [-0.2, 0) is 33.3 Å². The van der Waals surface area contributed by atoms with Crippen molar-refractivity contribution in [3.63, 3.8) is 0 Å². The molecule has 10 heteroatoms. The van der Waals surface area contributed by atoms with E-state index in [1.165, 1.54) is 19.9 Å². The van der Waals surface area contributed by atoms with Crippen LogP contribution in [0.4, 0.5) is 0 Å². The van der Waals surface area contributed by atoms with E-state index in [2.05, 4.69) is 6.58 Å². The predicted octanol–water partition coefficient (Wildman–Crippen LogP) is 0.159. The van der Waals surface area contributed by atoms with Crippen LogP contribution in [0.1, 0.15) is 40.0 Å². The van der Waals surface area contributed by atoms with Gasteiger partial charge in [0.25, 0.3) is 0 Å². The van der Waals surface area contributed by atoms with Gasteiger partial charge in [0, 0.05) is 25.3 Å². The first-order chi connectivity index (χ1) is 14.3. The fourth-order valence-corrected chi connectivity index (χ4v) is 3.91. The third-order valence-corrected chi connectivity index (χ3v) is 5.73. The van der Waals surface area contributed by atoms with E-state index in [9.17, 15) is 29.7 Å². The Balaban J connectivity index is 2.16. The molecule has 0 radical (unpaired) electrons. The van der Waals surface area contributed by atoms with E-state index < -0.39 is 54.2 Å². The van der Waals surface area contributed by atoms with Gasteiger partial charge in [0.15, 0.2) is 5.79 Å². The van der Waals surface area contributed by atoms with Crippen LogP contribution in [0.3, 0.4) is 0 Å². The molecule has 0 saturated carbocycles. The molecule has 0 aliphatic carbocycles. The Kier molecular flexibility index (Phi) is 5.87. The number of hydrogen-bond donors (Lipinski definition) is 3. The van der Waals surface area contributed by atoms with Crippen molar-refractivity contribution in [2.75, 3.05) is 13.2 Å². The zero-order valence-electron chi connectivity index (χ0n) is 17.6. The highest BCUT2D eigenvalue weighted by atomic mass is 16.7. The summed E-state index contributed by atoms with van der Waals surface area (Å²) in [6.45, 7) is 6.47. The molecule has 10 nitrogen and oxygen atoms in total. The standard InChI is InChI=1S/C21H26O10/c1-11(9-22)17(24)29-15-8-20(4,26)21(27)6-5-19(3,31-21)7-14-16(15)13(18(25)30-14)10-28-12(2)23/h7,15,22,26-27H,1,5-6,8-10H2,2-4H3/b14-7+/t15-,19+,20+,21-/m0/s1. The molecular formula is C21H26O10. The first kappa shape index (κ1) is 23.1. The maximum Gasteiger partial charge on any atom is 0.343 e. The highest BCUT2D eigenvalue weighted by Crippen LogP contribution is 2.49. The average Bonchev–Trinajstić information content (AvgIpc) is 3.14. The van der Waals surface area contributed by atoms with Crippen LogP contribution in [0.2, 0.25) is 0 Å². The summed E-state index contributed by atoms with van der Waals surface area (Å²) < 4.78 is 21.6. The smallest absolute Gasteiger partial charge is 0.343 e. The maximum atomic E-state index is 12.6. The van der Waals surface area contributed by atoms with Crippen LogP contribution in [0.15, 0.2) is 35.1 Å². The van der Waals surface area contributed by atoms with Gasteiger partial charge in [-0.05, 0) is 26.3 Å². The van der Waals surface area contributed by atoms with Crippen molar-refractivity contribution in [1.82, 2.24) is 0 Å². The topological polar surface area (TPSA) is 149 Å². The minimum absolute atomic E-state index is 0.0176. The summed E-state index contributed by atoms with van der Waals surface area (Å²) in [6.07, 6.45) is 0.194. The van der Waals surface area contributed by atoms with Crippen molar-refractivity contribution >= 4 is 17.9 Å². The van der Waals surface area contributed by atoms with Gasteiger partial charge in [0.1, 0.15) is 24.1 Å². The van der Waals surface area contributed by atoms with E-state index in [-0.39, 0.29) is 35.3 Å². The summed E-state index contributed by atoms with van der Waals surface area (Å²) in [6, 6.07) is 0. The molecule has 0 aromatic heterocycles. The number of aliphatic hydroxyl groups excluding tert-OH is 1. The molecule has 3 heterocycles. The van der Waals surface area contributed by atoms with Gasteiger partial charge in [-0.1, -0.05) is 6.58 Å². The molecule has 2 bridgehead atoms. The fourth-order valence-electron chi connectivity index (χ4n) is 3.91. The van der Waals surface area contributed by atoms with E-state index in [1.807, 2.05) is 0 Å². The van der Waals surface area contributed by atoms with Gasteiger partial charge in [-0.3, -0.25) is 4.79 Å². The molecule has 0 aromatic rings. The minimum Gasteiger partial charge on any atom is -0.461 e. The van der Waals surface area contributed by atoms with Gasteiger partial charge in [-0.15, -0.1) is 0 Å². The minimum atomic E-state index is -1.96. The summed E-state index contributed by atoms with van der Waals surface area (Å²) in [7, 11) is 0. The van der Waals surface area contributed by atoms with Crippen molar-refractivity contribution in [3.05, 3.63) is 35.1 Å². The van der Waals surface area contributed by atoms with E-state index in [0.717, 1.165) is 0 Å². The Hall–Kier alpha value is -2.53. The van der Waals surface area contributed by atoms with Crippen LogP contribution in [-0.4, -0.2) is 69.5 Å². The third-order valence-electron chi connectivity index (χ3n) is 5.73. The van der Waals surface area contributed by atoms with Crippen LogP contribution in [0.5, 0.6) is 0 Å². The van der Waals surface area contributed by atoms with Gasteiger partial charge in [0.2, 0.25) is 0 Å². The number of rotatable bonds is 5. The number of carbonyl (C=O) groups is 3. The Morgan fingerprint density at radius 2 is 1.97 bits per heavy atom. The second-order valence-electron chi connectivity index (χ2n) is 8.40. The summed E-state index contributed by atoms with van der Waals surface area (Å²) in [5, 5.41) is 31.4. The van der Waals surface area contributed by atoms with Crippen LogP contribution in [0, 0.1) is 0 Å². The second-order valence-corrected chi connectivity index (χ2v) is 8.40. The molecule has 4 atom stereocenters. The van der Waals surface area contributed by atoms with Crippen LogP contribution >= 0.6 is 0 Å². The molecule has 3 aliphatic heterocycles. The number of ether oxygens (including phenoxy) is 4.